The Kier molecular flexibility index (Phi) is 5.08. The highest BCUT2D eigenvalue weighted by atomic mass is 16.5. The van der Waals surface area contributed by atoms with Gasteiger partial charge in [0.1, 0.15) is 0 Å². The number of amides is 1. The molecule has 2 aliphatic rings. The smallest absolute Gasteiger partial charge is 0.221 e. The van der Waals surface area contributed by atoms with Crippen molar-refractivity contribution in [2.24, 2.45) is 11.8 Å². The lowest BCUT2D eigenvalue weighted by Crippen LogP contribution is -2.54. The number of fused-ring (bicyclic) bond motifs is 1. The fourth-order valence-electron chi connectivity index (χ4n) is 3.61. The maximum Gasteiger partial charge on any atom is 0.221 e. The fraction of sp³-hybridized carbons (Fsp3) is 0.588. The summed E-state index contributed by atoms with van der Waals surface area (Å²) in [5.41, 5.74) is 7.74. The molecule has 0 spiro atoms. The number of hydrogen-bond donors (Lipinski definition) is 3. The van der Waals surface area contributed by atoms with Crippen molar-refractivity contribution in [1.29, 1.82) is 0 Å². The van der Waals surface area contributed by atoms with Crippen LogP contribution in [0.1, 0.15) is 31.7 Å². The Bertz CT molecular complexity index is 494. The molecule has 3 rings (SSSR count). The van der Waals surface area contributed by atoms with E-state index in [9.17, 15) is 4.79 Å². The van der Waals surface area contributed by atoms with Gasteiger partial charge in [0.2, 0.25) is 5.91 Å². The van der Waals surface area contributed by atoms with E-state index >= 15 is 0 Å². The van der Waals surface area contributed by atoms with Crippen LogP contribution in [0.5, 0.6) is 0 Å². The first-order chi connectivity index (χ1) is 10.8. The molecule has 2 heterocycles. The molecular weight excluding hydrogens is 278 g/mol. The monoisotopic (exact) mass is 303 g/mol. The zero-order valence-corrected chi connectivity index (χ0v) is 13.0. The maximum absolute atomic E-state index is 11.9. The second-order valence-corrected chi connectivity index (χ2v) is 6.27. The molecule has 120 valence electrons. The number of ether oxygens (including phenoxy) is 1. The van der Waals surface area contributed by atoms with Crippen LogP contribution in [0, 0.1) is 11.8 Å². The van der Waals surface area contributed by atoms with Crippen molar-refractivity contribution in [1.82, 2.24) is 16.2 Å². The predicted molar refractivity (Wildman–Crippen MR) is 84.6 cm³/mol. The molecule has 22 heavy (non-hydrogen) atoms. The molecule has 0 radical (unpaired) electrons. The molecular formula is C17H25N3O2. The minimum Gasteiger partial charge on any atom is -0.376 e. The number of carbonyl (C=O) groups excluding carboxylic acids is 1. The van der Waals surface area contributed by atoms with E-state index in [1.807, 2.05) is 18.2 Å². The summed E-state index contributed by atoms with van der Waals surface area (Å²) < 4.78 is 5.91. The number of benzene rings is 1. The van der Waals surface area contributed by atoms with E-state index < -0.39 is 0 Å². The molecule has 0 aromatic heterocycles. The standard InChI is InChI=1S/C17H25N3O2/c1-2-6-14-16-13(9-15(21)18-17(16)20-19-14)11-22-10-12-7-4-3-5-8-12/h3-5,7-8,13-14,16-17,19-20H,2,6,9-11H2,1H3,(H,18,21). The van der Waals surface area contributed by atoms with Gasteiger partial charge in [0, 0.05) is 18.4 Å². The number of piperidine rings is 1. The van der Waals surface area contributed by atoms with E-state index in [1.165, 1.54) is 5.56 Å². The van der Waals surface area contributed by atoms with Gasteiger partial charge < -0.3 is 10.1 Å². The van der Waals surface area contributed by atoms with Crippen molar-refractivity contribution in [3.63, 3.8) is 0 Å². The Balaban J connectivity index is 1.58. The van der Waals surface area contributed by atoms with E-state index in [2.05, 4.69) is 35.2 Å². The summed E-state index contributed by atoms with van der Waals surface area (Å²) in [5, 5.41) is 3.04. The van der Waals surface area contributed by atoms with Crippen LogP contribution in [-0.4, -0.2) is 24.7 Å². The molecule has 5 heteroatoms. The molecule has 1 aromatic rings. The van der Waals surface area contributed by atoms with Gasteiger partial charge in [0.15, 0.2) is 0 Å². The van der Waals surface area contributed by atoms with E-state index in [0.717, 1.165) is 12.8 Å². The second-order valence-electron chi connectivity index (χ2n) is 6.27. The van der Waals surface area contributed by atoms with Gasteiger partial charge in [-0.15, -0.1) is 0 Å². The molecule has 0 bridgehead atoms. The van der Waals surface area contributed by atoms with Gasteiger partial charge in [-0.3, -0.25) is 10.2 Å². The number of rotatable bonds is 6. The van der Waals surface area contributed by atoms with E-state index in [0.29, 0.717) is 31.6 Å². The number of hydrogen-bond acceptors (Lipinski definition) is 4. The lowest BCUT2D eigenvalue weighted by atomic mass is 9.79. The van der Waals surface area contributed by atoms with Gasteiger partial charge in [-0.05, 0) is 17.9 Å². The van der Waals surface area contributed by atoms with Gasteiger partial charge in [0.05, 0.1) is 19.4 Å². The van der Waals surface area contributed by atoms with Gasteiger partial charge in [-0.25, -0.2) is 5.43 Å². The Morgan fingerprint density at radius 1 is 1.23 bits per heavy atom. The van der Waals surface area contributed by atoms with Crippen LogP contribution in [0.2, 0.25) is 0 Å². The molecule has 0 aliphatic carbocycles. The van der Waals surface area contributed by atoms with Crippen LogP contribution in [0.25, 0.3) is 0 Å². The van der Waals surface area contributed by atoms with Crippen LogP contribution >= 0.6 is 0 Å². The number of hydrazine groups is 1. The SMILES string of the molecule is CCCC1NNC2NC(=O)CC(COCc3ccccc3)C12. The molecule has 3 N–H and O–H groups in total. The van der Waals surface area contributed by atoms with Crippen molar-refractivity contribution >= 4 is 5.91 Å². The maximum atomic E-state index is 11.9. The van der Waals surface area contributed by atoms with Crippen LogP contribution in [0.3, 0.4) is 0 Å². The van der Waals surface area contributed by atoms with Crippen molar-refractivity contribution in [3.05, 3.63) is 35.9 Å². The van der Waals surface area contributed by atoms with Gasteiger partial charge in [-0.2, -0.15) is 0 Å². The summed E-state index contributed by atoms with van der Waals surface area (Å²) in [4.78, 5) is 11.9. The summed E-state index contributed by atoms with van der Waals surface area (Å²) in [6.45, 7) is 3.43. The number of nitrogens with one attached hydrogen (secondary N) is 3. The highest BCUT2D eigenvalue weighted by Gasteiger charge is 2.45. The van der Waals surface area contributed by atoms with Gasteiger partial charge in [-0.1, -0.05) is 43.7 Å². The van der Waals surface area contributed by atoms with Gasteiger partial charge >= 0.3 is 0 Å². The quantitative estimate of drug-likeness (QED) is 0.746. The molecule has 1 aromatic carbocycles. The molecule has 4 atom stereocenters. The molecule has 1 amide bonds. The van der Waals surface area contributed by atoms with Crippen LogP contribution in [0.4, 0.5) is 0 Å². The Morgan fingerprint density at radius 3 is 2.82 bits per heavy atom. The molecule has 5 nitrogen and oxygen atoms in total. The number of carbonyl (C=O) groups is 1. The first-order valence-corrected chi connectivity index (χ1v) is 8.20. The summed E-state index contributed by atoms with van der Waals surface area (Å²) in [5.74, 6) is 0.774. The van der Waals surface area contributed by atoms with Gasteiger partial charge in [0.25, 0.3) is 0 Å². The molecule has 2 aliphatic heterocycles. The zero-order valence-electron chi connectivity index (χ0n) is 13.0. The summed E-state index contributed by atoms with van der Waals surface area (Å²) in [7, 11) is 0. The minimum atomic E-state index is 0.0307. The Hall–Kier alpha value is -1.43. The van der Waals surface area contributed by atoms with E-state index in [4.69, 9.17) is 4.74 Å². The van der Waals surface area contributed by atoms with E-state index in [1.54, 1.807) is 0 Å². The molecule has 2 fully saturated rings. The van der Waals surface area contributed by atoms with Crippen molar-refractivity contribution in [3.8, 4) is 0 Å². The summed E-state index contributed by atoms with van der Waals surface area (Å²) in [6.07, 6.45) is 2.83. The minimum absolute atomic E-state index is 0.0307. The molecule has 4 unspecified atom stereocenters. The average Bonchev–Trinajstić information content (AvgIpc) is 2.91. The average molecular weight is 303 g/mol. The van der Waals surface area contributed by atoms with Crippen LogP contribution in [0.15, 0.2) is 30.3 Å². The Morgan fingerprint density at radius 2 is 2.05 bits per heavy atom. The fourth-order valence-corrected chi connectivity index (χ4v) is 3.61. The predicted octanol–water partition coefficient (Wildman–Crippen LogP) is 1.56. The topological polar surface area (TPSA) is 62.4 Å². The first kappa shape index (κ1) is 15.5. The normalized spacial score (nSPS) is 30.9. The third-order valence-corrected chi connectivity index (χ3v) is 4.63. The Labute approximate surface area is 131 Å². The second kappa shape index (κ2) is 7.22. The molecule has 2 saturated heterocycles. The van der Waals surface area contributed by atoms with Crippen LogP contribution in [-0.2, 0) is 16.1 Å². The highest BCUT2D eigenvalue weighted by molar-refractivity contribution is 5.77. The zero-order chi connectivity index (χ0) is 15.4. The lowest BCUT2D eigenvalue weighted by Gasteiger charge is -2.35. The third-order valence-electron chi connectivity index (χ3n) is 4.63. The van der Waals surface area contributed by atoms with Crippen molar-refractivity contribution < 1.29 is 9.53 Å². The van der Waals surface area contributed by atoms with Crippen molar-refractivity contribution in [2.75, 3.05) is 6.61 Å². The lowest BCUT2D eigenvalue weighted by molar-refractivity contribution is -0.127. The summed E-state index contributed by atoms with van der Waals surface area (Å²) >= 11 is 0. The highest BCUT2D eigenvalue weighted by Crippen LogP contribution is 2.31. The first-order valence-electron chi connectivity index (χ1n) is 8.20. The van der Waals surface area contributed by atoms with Crippen LogP contribution < -0.4 is 16.2 Å². The third kappa shape index (κ3) is 3.48. The van der Waals surface area contributed by atoms with E-state index in [-0.39, 0.29) is 18.0 Å². The largest absolute Gasteiger partial charge is 0.376 e. The molecule has 0 saturated carbocycles. The van der Waals surface area contributed by atoms with Crippen molar-refractivity contribution in [2.45, 2.75) is 45.0 Å². The summed E-state index contributed by atoms with van der Waals surface area (Å²) in [6, 6.07) is 10.6.